The number of hydrogen-bond acceptors (Lipinski definition) is 1. The summed E-state index contributed by atoms with van der Waals surface area (Å²) < 4.78 is 0. The van der Waals surface area contributed by atoms with Crippen molar-refractivity contribution >= 4 is 18.5 Å². The fourth-order valence-corrected chi connectivity index (χ4v) is 1.53. The van der Waals surface area contributed by atoms with E-state index in [-0.39, 0.29) is 11.7 Å². The highest BCUT2D eigenvalue weighted by molar-refractivity contribution is 7.81. The summed E-state index contributed by atoms with van der Waals surface area (Å²) in [6.07, 6.45) is 2.28. The van der Waals surface area contributed by atoms with E-state index < -0.39 is 0 Å². The van der Waals surface area contributed by atoms with Crippen LogP contribution in [0.15, 0.2) is 0 Å². The number of rotatable bonds is 1. The minimum absolute atomic E-state index is 0.131. The summed E-state index contributed by atoms with van der Waals surface area (Å²) in [7, 11) is 0. The molecule has 1 amide bonds. The minimum Gasteiger partial charge on any atom is -0.342 e. The average Bonchev–Trinajstić information content (AvgIpc) is 2.05. The molecule has 0 aromatic rings. The SMILES string of the molecule is CC1CCN(C(=O)C[S])CC1. The van der Waals surface area contributed by atoms with Crippen LogP contribution < -0.4 is 0 Å². The fraction of sp³-hybridized carbons (Fsp3) is 0.875. The van der Waals surface area contributed by atoms with Crippen molar-refractivity contribution in [3.8, 4) is 0 Å². The molecule has 0 spiro atoms. The Labute approximate surface area is 73.4 Å². The van der Waals surface area contributed by atoms with Crippen molar-refractivity contribution in [3.05, 3.63) is 0 Å². The van der Waals surface area contributed by atoms with Crippen molar-refractivity contribution in [2.45, 2.75) is 19.8 Å². The zero-order valence-corrected chi connectivity index (χ0v) is 7.69. The lowest BCUT2D eigenvalue weighted by molar-refractivity contribution is -0.129. The zero-order chi connectivity index (χ0) is 8.27. The molecule has 1 heterocycles. The van der Waals surface area contributed by atoms with Crippen LogP contribution in [0.2, 0.25) is 0 Å². The van der Waals surface area contributed by atoms with Crippen molar-refractivity contribution < 1.29 is 4.79 Å². The lowest BCUT2D eigenvalue weighted by atomic mass is 9.99. The highest BCUT2D eigenvalue weighted by atomic mass is 32.1. The quantitative estimate of drug-likeness (QED) is 0.586. The first-order valence-corrected chi connectivity index (χ1v) is 4.67. The molecule has 0 N–H and O–H groups in total. The Morgan fingerprint density at radius 1 is 1.55 bits per heavy atom. The number of carbonyl (C=O) groups excluding carboxylic acids is 1. The Morgan fingerprint density at radius 3 is 2.55 bits per heavy atom. The number of nitrogens with zero attached hydrogens (tertiary/aromatic N) is 1. The lowest BCUT2D eigenvalue weighted by Crippen LogP contribution is -2.38. The van der Waals surface area contributed by atoms with Crippen LogP contribution >= 0.6 is 12.6 Å². The van der Waals surface area contributed by atoms with E-state index in [9.17, 15) is 4.79 Å². The molecule has 0 saturated carbocycles. The van der Waals surface area contributed by atoms with Crippen LogP contribution in [0.5, 0.6) is 0 Å². The van der Waals surface area contributed by atoms with Gasteiger partial charge >= 0.3 is 0 Å². The smallest absolute Gasteiger partial charge is 0.233 e. The summed E-state index contributed by atoms with van der Waals surface area (Å²) in [5.41, 5.74) is 0. The maximum Gasteiger partial charge on any atom is 0.233 e. The van der Waals surface area contributed by atoms with Gasteiger partial charge in [0.25, 0.3) is 0 Å². The molecule has 1 radical (unpaired) electrons. The molecule has 0 unspecified atom stereocenters. The first kappa shape index (κ1) is 8.91. The summed E-state index contributed by atoms with van der Waals surface area (Å²) in [5.74, 6) is 1.16. The number of likely N-dealkylation sites (tertiary alicyclic amines) is 1. The number of amides is 1. The average molecular weight is 172 g/mol. The molecule has 1 saturated heterocycles. The van der Waals surface area contributed by atoms with E-state index in [1.54, 1.807) is 0 Å². The van der Waals surface area contributed by atoms with Gasteiger partial charge in [0.05, 0.1) is 5.75 Å². The third kappa shape index (κ3) is 2.40. The van der Waals surface area contributed by atoms with E-state index in [4.69, 9.17) is 12.6 Å². The fourth-order valence-electron chi connectivity index (χ4n) is 1.35. The van der Waals surface area contributed by atoms with Crippen LogP contribution in [0.1, 0.15) is 19.8 Å². The van der Waals surface area contributed by atoms with Crippen molar-refractivity contribution in [2.75, 3.05) is 18.8 Å². The molecule has 3 heteroatoms. The van der Waals surface area contributed by atoms with Gasteiger partial charge in [0.15, 0.2) is 0 Å². The van der Waals surface area contributed by atoms with Gasteiger partial charge in [0.2, 0.25) is 5.91 Å². The molecule has 1 aliphatic heterocycles. The Balaban J connectivity index is 2.33. The maximum atomic E-state index is 11.1. The molecule has 0 bridgehead atoms. The van der Waals surface area contributed by atoms with E-state index in [1.165, 1.54) is 0 Å². The predicted octanol–water partition coefficient (Wildman–Crippen LogP) is 1.44. The summed E-state index contributed by atoms with van der Waals surface area (Å²) in [4.78, 5) is 13.0. The summed E-state index contributed by atoms with van der Waals surface area (Å²) in [6, 6.07) is 0. The molecule has 0 atom stereocenters. The highest BCUT2D eigenvalue weighted by Crippen LogP contribution is 2.15. The van der Waals surface area contributed by atoms with Crippen LogP contribution in [0, 0.1) is 5.92 Å². The second kappa shape index (κ2) is 4.00. The first-order valence-electron chi connectivity index (χ1n) is 4.10. The van der Waals surface area contributed by atoms with E-state index in [0.717, 1.165) is 31.8 Å². The molecule has 0 aliphatic carbocycles. The topological polar surface area (TPSA) is 20.3 Å². The van der Waals surface area contributed by atoms with Gasteiger partial charge in [-0.05, 0) is 18.8 Å². The van der Waals surface area contributed by atoms with Gasteiger partial charge in [-0.1, -0.05) is 19.6 Å². The lowest BCUT2D eigenvalue weighted by Gasteiger charge is -2.29. The normalized spacial score (nSPS) is 20.4. The molecule has 1 rings (SSSR count). The van der Waals surface area contributed by atoms with Crippen molar-refractivity contribution in [1.29, 1.82) is 0 Å². The van der Waals surface area contributed by atoms with Gasteiger partial charge < -0.3 is 4.90 Å². The minimum atomic E-state index is 0.131. The Bertz CT molecular complexity index is 141. The maximum absolute atomic E-state index is 11.1. The Morgan fingerprint density at radius 2 is 2.09 bits per heavy atom. The third-order valence-electron chi connectivity index (χ3n) is 2.26. The van der Waals surface area contributed by atoms with Gasteiger partial charge in [-0.15, -0.1) is 0 Å². The second-order valence-corrected chi connectivity index (χ2v) is 3.50. The van der Waals surface area contributed by atoms with Crippen molar-refractivity contribution in [3.63, 3.8) is 0 Å². The van der Waals surface area contributed by atoms with Gasteiger partial charge in [0.1, 0.15) is 0 Å². The predicted molar refractivity (Wildman–Crippen MR) is 47.4 cm³/mol. The summed E-state index contributed by atoms with van der Waals surface area (Å²) in [6.45, 7) is 4.06. The number of piperidine rings is 1. The highest BCUT2D eigenvalue weighted by Gasteiger charge is 2.18. The van der Waals surface area contributed by atoms with E-state index in [1.807, 2.05) is 4.90 Å². The van der Waals surface area contributed by atoms with Crippen LogP contribution in [0.3, 0.4) is 0 Å². The summed E-state index contributed by atoms with van der Waals surface area (Å²) in [5, 5.41) is 0. The molecular formula is C8H14NOS. The van der Waals surface area contributed by atoms with Crippen LogP contribution in [-0.4, -0.2) is 29.6 Å². The third-order valence-corrected chi connectivity index (χ3v) is 2.51. The monoisotopic (exact) mass is 172 g/mol. The molecule has 63 valence electrons. The number of hydrogen-bond donors (Lipinski definition) is 0. The molecule has 2 nitrogen and oxygen atoms in total. The second-order valence-electron chi connectivity index (χ2n) is 3.21. The molecule has 0 aromatic carbocycles. The van der Waals surface area contributed by atoms with Gasteiger partial charge in [-0.3, -0.25) is 4.79 Å². The van der Waals surface area contributed by atoms with Crippen LogP contribution in [0.4, 0.5) is 0 Å². The number of carbonyl (C=O) groups is 1. The molecule has 1 aliphatic rings. The summed E-state index contributed by atoms with van der Waals surface area (Å²) >= 11 is 4.69. The molecule has 11 heavy (non-hydrogen) atoms. The van der Waals surface area contributed by atoms with Gasteiger partial charge in [-0.2, -0.15) is 0 Å². The van der Waals surface area contributed by atoms with Crippen LogP contribution in [-0.2, 0) is 4.79 Å². The van der Waals surface area contributed by atoms with E-state index in [2.05, 4.69) is 6.92 Å². The van der Waals surface area contributed by atoms with Gasteiger partial charge in [-0.25, -0.2) is 0 Å². The van der Waals surface area contributed by atoms with Crippen LogP contribution in [0.25, 0.3) is 0 Å². The van der Waals surface area contributed by atoms with Gasteiger partial charge in [0, 0.05) is 13.1 Å². The standard InChI is InChI=1S/C8H14NOS/c1-7-2-4-9(5-3-7)8(10)6-11/h7H,2-6H2,1H3. The Kier molecular flexibility index (Phi) is 3.24. The largest absolute Gasteiger partial charge is 0.342 e. The first-order chi connectivity index (χ1) is 5.24. The molecular weight excluding hydrogens is 158 g/mol. The Hall–Kier alpha value is -0.180. The van der Waals surface area contributed by atoms with E-state index >= 15 is 0 Å². The zero-order valence-electron chi connectivity index (χ0n) is 6.88. The van der Waals surface area contributed by atoms with Crippen molar-refractivity contribution in [2.24, 2.45) is 5.92 Å². The molecule has 1 fully saturated rings. The molecule has 0 aromatic heterocycles. The van der Waals surface area contributed by atoms with E-state index in [0.29, 0.717) is 0 Å². The van der Waals surface area contributed by atoms with Crippen molar-refractivity contribution in [1.82, 2.24) is 4.90 Å².